The summed E-state index contributed by atoms with van der Waals surface area (Å²) in [7, 11) is 0. The minimum absolute atomic E-state index is 0.0929. The van der Waals surface area contributed by atoms with Gasteiger partial charge < -0.3 is 25.6 Å². The lowest BCUT2D eigenvalue weighted by molar-refractivity contribution is -0.145. The Bertz CT molecular complexity index is 1090. The number of carbonyl (C=O) groups excluding carboxylic acids is 2. The van der Waals surface area contributed by atoms with Gasteiger partial charge >= 0.3 is 18.2 Å². The fourth-order valence-electron chi connectivity index (χ4n) is 3.24. The summed E-state index contributed by atoms with van der Waals surface area (Å²) < 4.78 is 58.9. The van der Waals surface area contributed by atoms with Crippen LogP contribution in [0.25, 0.3) is 0 Å². The maximum Gasteiger partial charge on any atom is 0.419 e. The highest BCUT2D eigenvalue weighted by Gasteiger charge is 2.38. The Hall–Kier alpha value is -3.67. The molecule has 196 valence electrons. The number of ether oxygens (including phenoxy) is 1. The highest BCUT2D eigenvalue weighted by atomic mass is 19.4. The van der Waals surface area contributed by atoms with Crippen molar-refractivity contribution in [2.75, 3.05) is 0 Å². The van der Waals surface area contributed by atoms with E-state index in [1.165, 1.54) is 0 Å². The van der Waals surface area contributed by atoms with E-state index in [4.69, 9.17) is 4.74 Å². The highest BCUT2D eigenvalue weighted by molar-refractivity contribution is 5.88. The fraction of sp³-hybridized carbons (Fsp3) is 0.375. The van der Waals surface area contributed by atoms with Gasteiger partial charge in [-0.05, 0) is 38.8 Å². The van der Waals surface area contributed by atoms with Crippen molar-refractivity contribution in [2.24, 2.45) is 0 Å². The van der Waals surface area contributed by atoms with Gasteiger partial charge in [0.15, 0.2) is 12.1 Å². The quantitative estimate of drug-likeness (QED) is 0.399. The Kier molecular flexibility index (Phi) is 9.03. The molecule has 0 bridgehead atoms. The standard InChI is InChI=1S/C24H26F4N2O6/c1-23(2,3)36-22(35)29-16(12-13-8-5-4-6-9-13)19(31)20(32)30-18(21(33)34)14-10-7-11-15(17(14)25)24(26,27)28/h4-11,16,18-19,31H,12H2,1-3H3,(H,29,35)(H,30,32)(H,33,34)/t16-,18+,19+/m1/s1. The monoisotopic (exact) mass is 514 g/mol. The highest BCUT2D eigenvalue weighted by Crippen LogP contribution is 2.34. The normalized spacial score (nSPS) is 14.3. The number of benzene rings is 2. The number of alkyl carbamates (subject to hydrolysis) is 1. The lowest BCUT2D eigenvalue weighted by Gasteiger charge is -2.27. The molecular weight excluding hydrogens is 488 g/mol. The number of nitrogens with one attached hydrogen (secondary N) is 2. The van der Waals surface area contributed by atoms with Crippen LogP contribution in [0.3, 0.4) is 0 Å². The predicted octanol–water partition coefficient (Wildman–Crippen LogP) is 3.58. The van der Waals surface area contributed by atoms with Crippen LogP contribution in [0.15, 0.2) is 48.5 Å². The van der Waals surface area contributed by atoms with Crippen molar-refractivity contribution in [3.8, 4) is 0 Å². The molecule has 0 saturated carbocycles. The van der Waals surface area contributed by atoms with Crippen molar-refractivity contribution in [2.45, 2.75) is 57.2 Å². The summed E-state index contributed by atoms with van der Waals surface area (Å²) in [6.45, 7) is 4.76. The molecule has 8 nitrogen and oxygen atoms in total. The molecule has 0 heterocycles. The van der Waals surface area contributed by atoms with Gasteiger partial charge in [0.25, 0.3) is 5.91 Å². The Labute approximate surface area is 204 Å². The van der Waals surface area contributed by atoms with Crippen LogP contribution in [0.2, 0.25) is 0 Å². The fourth-order valence-corrected chi connectivity index (χ4v) is 3.24. The smallest absolute Gasteiger partial charge is 0.419 e. The van der Waals surface area contributed by atoms with E-state index in [1.807, 2.05) is 5.32 Å². The average Bonchev–Trinajstić information content (AvgIpc) is 2.75. The minimum atomic E-state index is -5.11. The third kappa shape index (κ3) is 7.94. The molecule has 0 fully saturated rings. The molecule has 0 aromatic heterocycles. The van der Waals surface area contributed by atoms with Crippen LogP contribution < -0.4 is 10.6 Å². The summed E-state index contributed by atoms with van der Waals surface area (Å²) in [5.41, 5.74) is -3.00. The number of rotatable bonds is 8. The average molecular weight is 514 g/mol. The number of carbonyl (C=O) groups is 3. The van der Waals surface area contributed by atoms with Gasteiger partial charge in [0.2, 0.25) is 0 Å². The first-order valence-electron chi connectivity index (χ1n) is 10.7. The zero-order valence-electron chi connectivity index (χ0n) is 19.6. The van der Waals surface area contributed by atoms with Crippen LogP contribution in [0.4, 0.5) is 22.4 Å². The second-order valence-corrected chi connectivity index (χ2v) is 8.87. The number of hydrogen-bond donors (Lipinski definition) is 4. The molecule has 2 aromatic rings. The second-order valence-electron chi connectivity index (χ2n) is 8.87. The zero-order chi connectivity index (χ0) is 27.3. The molecule has 36 heavy (non-hydrogen) atoms. The van der Waals surface area contributed by atoms with Crippen LogP contribution in [-0.2, 0) is 26.9 Å². The van der Waals surface area contributed by atoms with Crippen molar-refractivity contribution >= 4 is 18.0 Å². The van der Waals surface area contributed by atoms with Crippen molar-refractivity contribution < 1.29 is 46.9 Å². The summed E-state index contributed by atoms with van der Waals surface area (Å²) in [5.74, 6) is -5.11. The van der Waals surface area contributed by atoms with E-state index in [0.717, 1.165) is 12.1 Å². The number of aliphatic carboxylic acids is 1. The van der Waals surface area contributed by atoms with Gasteiger partial charge in [-0.1, -0.05) is 42.5 Å². The van der Waals surface area contributed by atoms with E-state index in [-0.39, 0.29) is 6.42 Å². The van der Waals surface area contributed by atoms with Gasteiger partial charge in [0.05, 0.1) is 11.6 Å². The molecule has 2 rings (SSSR count). The van der Waals surface area contributed by atoms with Crippen LogP contribution in [0.5, 0.6) is 0 Å². The van der Waals surface area contributed by atoms with E-state index in [9.17, 15) is 42.2 Å². The van der Waals surface area contributed by atoms with Gasteiger partial charge in [-0.2, -0.15) is 13.2 Å². The van der Waals surface area contributed by atoms with E-state index in [2.05, 4.69) is 5.32 Å². The van der Waals surface area contributed by atoms with Crippen LogP contribution in [-0.4, -0.2) is 45.9 Å². The molecule has 0 radical (unpaired) electrons. The molecule has 0 aliphatic rings. The van der Waals surface area contributed by atoms with Gasteiger partial charge in [0, 0.05) is 5.56 Å². The second kappa shape index (κ2) is 11.4. The van der Waals surface area contributed by atoms with Crippen LogP contribution in [0.1, 0.15) is 43.5 Å². The van der Waals surface area contributed by atoms with Crippen molar-refractivity contribution in [1.29, 1.82) is 0 Å². The van der Waals surface area contributed by atoms with Crippen molar-refractivity contribution in [3.63, 3.8) is 0 Å². The van der Waals surface area contributed by atoms with Crippen LogP contribution in [0, 0.1) is 5.82 Å². The summed E-state index contributed by atoms with van der Waals surface area (Å²) in [6, 6.07) is 6.75. The predicted molar refractivity (Wildman–Crippen MR) is 119 cm³/mol. The first kappa shape index (κ1) is 28.6. The summed E-state index contributed by atoms with van der Waals surface area (Å²) >= 11 is 0. The SMILES string of the molecule is CC(C)(C)OC(=O)N[C@H](Cc1ccccc1)[C@H](O)C(=O)N[C@H](C(=O)O)c1cccc(C(F)(F)F)c1F. The topological polar surface area (TPSA) is 125 Å². The third-order valence-corrected chi connectivity index (χ3v) is 4.83. The van der Waals surface area contributed by atoms with Gasteiger partial charge in [-0.15, -0.1) is 0 Å². The molecule has 3 atom stereocenters. The summed E-state index contributed by atoms with van der Waals surface area (Å²) in [4.78, 5) is 36.8. The maximum absolute atomic E-state index is 14.5. The first-order valence-corrected chi connectivity index (χ1v) is 10.7. The number of aliphatic hydroxyl groups is 1. The Morgan fingerprint density at radius 3 is 2.11 bits per heavy atom. The number of carboxylic acid groups (broad SMARTS) is 1. The van der Waals surface area contributed by atoms with Crippen molar-refractivity contribution in [1.82, 2.24) is 10.6 Å². The van der Waals surface area contributed by atoms with Crippen molar-refractivity contribution in [3.05, 3.63) is 71.0 Å². The number of amides is 2. The zero-order valence-corrected chi connectivity index (χ0v) is 19.6. The Morgan fingerprint density at radius 1 is 0.972 bits per heavy atom. The molecule has 12 heteroatoms. The van der Waals surface area contributed by atoms with E-state index in [0.29, 0.717) is 11.6 Å². The van der Waals surface area contributed by atoms with Gasteiger partial charge in [0.1, 0.15) is 11.4 Å². The molecule has 0 saturated heterocycles. The Balaban J connectivity index is 2.32. The molecule has 0 spiro atoms. The summed E-state index contributed by atoms with van der Waals surface area (Å²) in [6.07, 6.45) is -8.25. The molecule has 0 aliphatic carbocycles. The maximum atomic E-state index is 14.5. The van der Waals surface area contributed by atoms with Gasteiger partial charge in [-0.3, -0.25) is 4.79 Å². The third-order valence-electron chi connectivity index (χ3n) is 4.83. The van der Waals surface area contributed by atoms with Gasteiger partial charge in [-0.25, -0.2) is 14.0 Å². The largest absolute Gasteiger partial charge is 0.479 e. The van der Waals surface area contributed by atoms with E-state index >= 15 is 0 Å². The minimum Gasteiger partial charge on any atom is -0.479 e. The molecule has 0 aliphatic heterocycles. The van der Waals surface area contributed by atoms with E-state index < -0.39 is 64.9 Å². The lowest BCUT2D eigenvalue weighted by atomic mass is 9.99. The number of halogens is 4. The molecule has 2 amide bonds. The first-order chi connectivity index (χ1) is 16.6. The number of hydrogen-bond acceptors (Lipinski definition) is 5. The molecule has 0 unspecified atom stereocenters. The molecule has 2 aromatic carbocycles. The number of alkyl halides is 3. The number of carboxylic acids is 1. The number of aliphatic hydroxyl groups excluding tert-OH is 1. The summed E-state index contributed by atoms with van der Waals surface area (Å²) in [5, 5.41) is 24.4. The lowest BCUT2D eigenvalue weighted by Crippen LogP contribution is -2.53. The van der Waals surface area contributed by atoms with Crippen LogP contribution >= 0.6 is 0 Å². The molecular formula is C24H26F4N2O6. The van der Waals surface area contributed by atoms with E-state index in [1.54, 1.807) is 51.1 Å². The molecule has 4 N–H and O–H groups in total. The Morgan fingerprint density at radius 2 is 1.58 bits per heavy atom.